The second-order valence-corrected chi connectivity index (χ2v) is 3.85. The van der Waals surface area contributed by atoms with E-state index in [1.165, 1.54) is 0 Å². The van der Waals surface area contributed by atoms with Crippen LogP contribution in [0.3, 0.4) is 0 Å². The van der Waals surface area contributed by atoms with E-state index in [2.05, 4.69) is 10.3 Å². The van der Waals surface area contributed by atoms with Gasteiger partial charge >= 0.3 is 0 Å². The fourth-order valence-corrected chi connectivity index (χ4v) is 1.61. The maximum absolute atomic E-state index is 12.0. The number of aromatic nitrogens is 1. The maximum atomic E-state index is 12.0. The molecule has 1 atom stereocenters. The Kier molecular flexibility index (Phi) is 4.75. The molecule has 0 aliphatic heterocycles. The Bertz CT molecular complexity index is 359. The molecule has 17 heavy (non-hydrogen) atoms. The van der Waals surface area contributed by atoms with Crippen LogP contribution in [0.1, 0.15) is 20.8 Å². The standard InChI is InChI=1S/C12H20N4O/c1-4-16(5-2)12(17)9(3)15-10-6-7-11(13)14-8-10/h6-9,15H,4-5H2,1-3H3,(H2,13,14). The van der Waals surface area contributed by atoms with Gasteiger partial charge in [0.05, 0.1) is 11.9 Å². The zero-order valence-electron chi connectivity index (χ0n) is 10.6. The second-order valence-electron chi connectivity index (χ2n) is 3.85. The molecular weight excluding hydrogens is 216 g/mol. The number of pyridine rings is 1. The van der Waals surface area contributed by atoms with Crippen molar-refractivity contribution in [1.82, 2.24) is 9.88 Å². The normalized spacial score (nSPS) is 11.9. The van der Waals surface area contributed by atoms with Gasteiger partial charge in [0.25, 0.3) is 0 Å². The molecular formula is C12H20N4O. The van der Waals surface area contributed by atoms with E-state index >= 15 is 0 Å². The summed E-state index contributed by atoms with van der Waals surface area (Å²) < 4.78 is 0. The summed E-state index contributed by atoms with van der Waals surface area (Å²) in [5, 5.41) is 3.11. The Morgan fingerprint density at radius 2 is 2.12 bits per heavy atom. The average Bonchev–Trinajstić information content (AvgIpc) is 2.33. The smallest absolute Gasteiger partial charge is 0.244 e. The number of nitrogens with two attached hydrogens (primary N) is 1. The van der Waals surface area contributed by atoms with Crippen LogP contribution >= 0.6 is 0 Å². The fourth-order valence-electron chi connectivity index (χ4n) is 1.61. The van der Waals surface area contributed by atoms with E-state index in [-0.39, 0.29) is 11.9 Å². The van der Waals surface area contributed by atoms with E-state index in [9.17, 15) is 4.79 Å². The van der Waals surface area contributed by atoms with Crippen molar-refractivity contribution >= 4 is 17.4 Å². The maximum Gasteiger partial charge on any atom is 0.244 e. The van der Waals surface area contributed by atoms with Crippen LogP contribution in [0.25, 0.3) is 0 Å². The van der Waals surface area contributed by atoms with Crippen molar-refractivity contribution in [1.29, 1.82) is 0 Å². The lowest BCUT2D eigenvalue weighted by atomic mass is 10.2. The molecule has 1 aromatic rings. The summed E-state index contributed by atoms with van der Waals surface area (Å²) in [5.74, 6) is 0.560. The molecule has 1 amide bonds. The van der Waals surface area contributed by atoms with Crippen LogP contribution in [0.4, 0.5) is 11.5 Å². The predicted molar refractivity (Wildman–Crippen MR) is 69.7 cm³/mol. The molecule has 1 rings (SSSR count). The number of anilines is 2. The van der Waals surface area contributed by atoms with Gasteiger partial charge in [0.1, 0.15) is 11.9 Å². The number of rotatable bonds is 5. The van der Waals surface area contributed by atoms with Gasteiger partial charge in [-0.05, 0) is 32.9 Å². The second kappa shape index (κ2) is 6.08. The van der Waals surface area contributed by atoms with Crippen molar-refractivity contribution in [2.45, 2.75) is 26.8 Å². The van der Waals surface area contributed by atoms with E-state index in [0.717, 1.165) is 18.8 Å². The van der Waals surface area contributed by atoms with Gasteiger partial charge in [0.15, 0.2) is 0 Å². The van der Waals surface area contributed by atoms with Crippen LogP contribution in [0.2, 0.25) is 0 Å². The van der Waals surface area contributed by atoms with Gasteiger partial charge in [-0.15, -0.1) is 0 Å². The summed E-state index contributed by atoms with van der Waals surface area (Å²) in [7, 11) is 0. The third-order valence-electron chi connectivity index (χ3n) is 2.62. The molecule has 0 fully saturated rings. The summed E-state index contributed by atoms with van der Waals surface area (Å²) in [6.07, 6.45) is 1.63. The van der Waals surface area contributed by atoms with Gasteiger partial charge < -0.3 is 16.0 Å². The van der Waals surface area contributed by atoms with Crippen LogP contribution in [-0.4, -0.2) is 34.9 Å². The van der Waals surface area contributed by atoms with E-state index < -0.39 is 0 Å². The summed E-state index contributed by atoms with van der Waals surface area (Å²) in [5.41, 5.74) is 6.29. The first-order valence-electron chi connectivity index (χ1n) is 5.85. The molecule has 0 spiro atoms. The quantitative estimate of drug-likeness (QED) is 0.809. The Hall–Kier alpha value is -1.78. The third-order valence-corrected chi connectivity index (χ3v) is 2.62. The Morgan fingerprint density at radius 3 is 2.59 bits per heavy atom. The Labute approximate surface area is 102 Å². The minimum Gasteiger partial charge on any atom is -0.384 e. The van der Waals surface area contributed by atoms with Crippen molar-refractivity contribution in [3.63, 3.8) is 0 Å². The first-order valence-corrected chi connectivity index (χ1v) is 5.85. The van der Waals surface area contributed by atoms with Crippen molar-refractivity contribution < 1.29 is 4.79 Å². The summed E-state index contributed by atoms with van der Waals surface area (Å²) in [4.78, 5) is 17.8. The summed E-state index contributed by atoms with van der Waals surface area (Å²) in [6.45, 7) is 7.23. The number of nitrogens with zero attached hydrogens (tertiary/aromatic N) is 2. The number of likely N-dealkylation sites (N-methyl/N-ethyl adjacent to an activating group) is 1. The van der Waals surface area contributed by atoms with Gasteiger partial charge in [-0.1, -0.05) is 0 Å². The van der Waals surface area contributed by atoms with E-state index in [4.69, 9.17) is 5.73 Å². The van der Waals surface area contributed by atoms with Crippen molar-refractivity contribution in [2.75, 3.05) is 24.1 Å². The summed E-state index contributed by atoms with van der Waals surface area (Å²) >= 11 is 0. The fraction of sp³-hybridized carbons (Fsp3) is 0.500. The first kappa shape index (κ1) is 13.3. The van der Waals surface area contributed by atoms with Crippen LogP contribution in [-0.2, 0) is 4.79 Å². The highest BCUT2D eigenvalue weighted by Gasteiger charge is 2.17. The van der Waals surface area contributed by atoms with Crippen molar-refractivity contribution in [3.05, 3.63) is 18.3 Å². The van der Waals surface area contributed by atoms with Gasteiger partial charge in [0, 0.05) is 13.1 Å². The zero-order valence-corrected chi connectivity index (χ0v) is 10.6. The zero-order chi connectivity index (χ0) is 12.8. The van der Waals surface area contributed by atoms with Gasteiger partial charge in [-0.3, -0.25) is 4.79 Å². The SMILES string of the molecule is CCN(CC)C(=O)C(C)Nc1ccc(N)nc1. The molecule has 0 bridgehead atoms. The number of nitrogen functional groups attached to an aromatic ring is 1. The molecule has 0 aliphatic carbocycles. The van der Waals surface area contributed by atoms with Crippen LogP contribution in [0.5, 0.6) is 0 Å². The first-order chi connectivity index (χ1) is 8.08. The minimum absolute atomic E-state index is 0.0897. The highest BCUT2D eigenvalue weighted by molar-refractivity contribution is 5.84. The molecule has 1 aromatic heterocycles. The largest absolute Gasteiger partial charge is 0.384 e. The topological polar surface area (TPSA) is 71.2 Å². The van der Waals surface area contributed by atoms with Crippen LogP contribution < -0.4 is 11.1 Å². The monoisotopic (exact) mass is 236 g/mol. The number of carbonyl (C=O) groups excluding carboxylic acids is 1. The van der Waals surface area contributed by atoms with E-state index in [1.807, 2.05) is 26.8 Å². The molecule has 0 aromatic carbocycles. The van der Waals surface area contributed by atoms with E-state index in [1.54, 1.807) is 17.2 Å². The highest BCUT2D eigenvalue weighted by Crippen LogP contribution is 2.09. The number of nitrogens with one attached hydrogen (secondary N) is 1. The molecule has 5 heteroatoms. The molecule has 5 nitrogen and oxygen atoms in total. The molecule has 0 saturated heterocycles. The van der Waals surface area contributed by atoms with Gasteiger partial charge in [-0.2, -0.15) is 0 Å². The molecule has 0 radical (unpaired) electrons. The number of amides is 1. The molecule has 0 saturated carbocycles. The average molecular weight is 236 g/mol. The van der Waals surface area contributed by atoms with E-state index in [0.29, 0.717) is 5.82 Å². The van der Waals surface area contributed by atoms with Crippen LogP contribution in [0.15, 0.2) is 18.3 Å². The lowest BCUT2D eigenvalue weighted by Gasteiger charge is -2.23. The Balaban J connectivity index is 2.62. The minimum atomic E-state index is -0.264. The molecule has 1 unspecified atom stereocenters. The predicted octanol–water partition coefficient (Wildman–Crippen LogP) is 1.33. The van der Waals surface area contributed by atoms with Gasteiger partial charge in [-0.25, -0.2) is 4.98 Å². The molecule has 0 aliphatic rings. The van der Waals surface area contributed by atoms with Crippen LogP contribution in [0, 0.1) is 0 Å². The molecule has 3 N–H and O–H groups in total. The van der Waals surface area contributed by atoms with Crippen molar-refractivity contribution in [2.24, 2.45) is 0 Å². The van der Waals surface area contributed by atoms with Crippen molar-refractivity contribution in [3.8, 4) is 0 Å². The lowest BCUT2D eigenvalue weighted by Crippen LogP contribution is -2.41. The molecule has 94 valence electrons. The number of carbonyl (C=O) groups is 1. The number of hydrogen-bond donors (Lipinski definition) is 2. The molecule has 1 heterocycles. The summed E-state index contributed by atoms with van der Waals surface area (Å²) in [6, 6.07) is 3.26. The third kappa shape index (κ3) is 3.62. The number of hydrogen-bond acceptors (Lipinski definition) is 4. The Morgan fingerprint density at radius 1 is 1.47 bits per heavy atom. The van der Waals surface area contributed by atoms with Gasteiger partial charge in [0.2, 0.25) is 5.91 Å². The lowest BCUT2D eigenvalue weighted by molar-refractivity contribution is -0.131. The highest BCUT2D eigenvalue weighted by atomic mass is 16.2.